The number of fused-ring (bicyclic) bond motifs is 1. The van der Waals surface area contributed by atoms with Crippen LogP contribution in [0.3, 0.4) is 0 Å². The predicted molar refractivity (Wildman–Crippen MR) is 53.7 cm³/mol. The Morgan fingerprint density at radius 2 is 2.31 bits per heavy atom. The quantitative estimate of drug-likeness (QED) is 0.661. The number of aromatic nitrogens is 2. The molecular formula is C10H17N3. The highest BCUT2D eigenvalue weighted by Gasteiger charge is 2.27. The lowest BCUT2D eigenvalue weighted by Crippen LogP contribution is -2.38. The Bertz CT molecular complexity index is 295. The lowest BCUT2D eigenvalue weighted by atomic mass is 9.84. The van der Waals surface area contributed by atoms with E-state index in [0.29, 0.717) is 11.5 Å². The summed E-state index contributed by atoms with van der Waals surface area (Å²) in [5, 5.41) is 3.52. The second-order valence-corrected chi connectivity index (χ2v) is 4.82. The third kappa shape index (κ3) is 1.55. The van der Waals surface area contributed by atoms with Gasteiger partial charge >= 0.3 is 0 Å². The number of hydrogen-bond acceptors (Lipinski definition) is 2. The fourth-order valence-electron chi connectivity index (χ4n) is 1.79. The van der Waals surface area contributed by atoms with Crippen molar-refractivity contribution in [1.82, 2.24) is 9.55 Å². The molecule has 0 spiro atoms. The number of nitrogens with one attached hydrogen (secondary N) is 1. The summed E-state index contributed by atoms with van der Waals surface area (Å²) in [6, 6.07) is 0.566. The van der Waals surface area contributed by atoms with Crippen molar-refractivity contribution in [3.8, 4) is 0 Å². The van der Waals surface area contributed by atoms with Crippen molar-refractivity contribution in [2.24, 2.45) is 5.41 Å². The highest BCUT2D eigenvalue weighted by molar-refractivity contribution is 5.36. The van der Waals surface area contributed by atoms with E-state index in [1.54, 1.807) is 0 Å². The summed E-state index contributed by atoms with van der Waals surface area (Å²) in [5.74, 6) is 1.16. The van der Waals surface area contributed by atoms with Gasteiger partial charge in [0.1, 0.15) is 5.82 Å². The molecule has 0 amide bonds. The van der Waals surface area contributed by atoms with Gasteiger partial charge in [-0.25, -0.2) is 4.98 Å². The van der Waals surface area contributed by atoms with Gasteiger partial charge in [0.15, 0.2) is 0 Å². The molecule has 3 nitrogen and oxygen atoms in total. The lowest BCUT2D eigenvalue weighted by Gasteiger charge is -2.35. The topological polar surface area (TPSA) is 29.9 Å². The Balaban J connectivity index is 2.18. The Morgan fingerprint density at radius 1 is 1.54 bits per heavy atom. The monoisotopic (exact) mass is 179 g/mol. The zero-order valence-electron chi connectivity index (χ0n) is 8.54. The summed E-state index contributed by atoms with van der Waals surface area (Å²) >= 11 is 0. The van der Waals surface area contributed by atoms with Crippen LogP contribution in [0.15, 0.2) is 12.5 Å². The molecule has 1 aromatic heterocycles. The Hall–Kier alpha value is -0.990. The first-order valence-electron chi connectivity index (χ1n) is 4.84. The molecule has 2 heterocycles. The zero-order valence-corrected chi connectivity index (χ0v) is 8.54. The van der Waals surface area contributed by atoms with E-state index in [1.165, 1.54) is 6.42 Å². The van der Waals surface area contributed by atoms with Crippen molar-refractivity contribution in [3.63, 3.8) is 0 Å². The molecule has 0 bridgehead atoms. The van der Waals surface area contributed by atoms with Crippen LogP contribution in [0.1, 0.15) is 27.2 Å². The standard InChI is InChI=1S/C10H17N3/c1-10(2,3)8-4-5-13-7-11-6-9(13)12-8/h6-8,12H,4-5H2,1-3H3. The van der Waals surface area contributed by atoms with Crippen LogP contribution in [0, 0.1) is 5.41 Å². The summed E-state index contributed by atoms with van der Waals surface area (Å²) in [5.41, 5.74) is 0.329. The van der Waals surface area contributed by atoms with Crippen LogP contribution in [0.4, 0.5) is 5.82 Å². The van der Waals surface area contributed by atoms with Gasteiger partial charge in [0, 0.05) is 12.6 Å². The second kappa shape index (κ2) is 2.76. The van der Waals surface area contributed by atoms with Crippen molar-refractivity contribution in [1.29, 1.82) is 0 Å². The van der Waals surface area contributed by atoms with Crippen molar-refractivity contribution >= 4 is 5.82 Å². The average Bonchev–Trinajstić information content (AvgIpc) is 2.47. The van der Waals surface area contributed by atoms with Crippen LogP contribution in [-0.2, 0) is 6.54 Å². The average molecular weight is 179 g/mol. The lowest BCUT2D eigenvalue weighted by molar-refractivity contribution is 0.302. The molecule has 1 aliphatic rings. The molecule has 0 aliphatic carbocycles. The van der Waals surface area contributed by atoms with Gasteiger partial charge in [-0.2, -0.15) is 0 Å². The molecule has 0 fully saturated rings. The van der Waals surface area contributed by atoms with Crippen molar-refractivity contribution < 1.29 is 0 Å². The molecule has 1 atom stereocenters. The predicted octanol–water partition coefficient (Wildman–Crippen LogP) is 2.11. The summed E-state index contributed by atoms with van der Waals surface area (Å²) in [7, 11) is 0. The maximum atomic E-state index is 4.12. The van der Waals surface area contributed by atoms with Crippen LogP contribution >= 0.6 is 0 Å². The van der Waals surface area contributed by atoms with Crippen molar-refractivity contribution in [2.45, 2.75) is 39.8 Å². The first-order valence-corrected chi connectivity index (χ1v) is 4.84. The number of anilines is 1. The number of aryl methyl sites for hydroxylation is 1. The minimum Gasteiger partial charge on any atom is -0.367 e. The fourth-order valence-corrected chi connectivity index (χ4v) is 1.79. The Morgan fingerprint density at radius 3 is 3.00 bits per heavy atom. The molecular weight excluding hydrogens is 162 g/mol. The fraction of sp³-hybridized carbons (Fsp3) is 0.700. The Labute approximate surface area is 79.2 Å². The normalized spacial score (nSPS) is 22.2. The summed E-state index contributed by atoms with van der Waals surface area (Å²) in [4.78, 5) is 4.12. The van der Waals surface area contributed by atoms with E-state index in [4.69, 9.17) is 0 Å². The van der Waals surface area contributed by atoms with Gasteiger partial charge in [-0.1, -0.05) is 20.8 Å². The van der Waals surface area contributed by atoms with Gasteiger partial charge in [0.2, 0.25) is 0 Å². The first-order chi connectivity index (χ1) is 6.07. The minimum absolute atomic E-state index is 0.329. The van der Waals surface area contributed by atoms with Crippen molar-refractivity contribution in [3.05, 3.63) is 12.5 Å². The molecule has 1 aliphatic heterocycles. The molecule has 3 heteroatoms. The van der Waals surface area contributed by atoms with E-state index in [1.807, 2.05) is 12.5 Å². The molecule has 0 aromatic carbocycles. The minimum atomic E-state index is 0.329. The third-order valence-corrected chi connectivity index (χ3v) is 2.74. The summed E-state index contributed by atoms with van der Waals surface area (Å²) in [6.45, 7) is 7.91. The molecule has 1 N–H and O–H groups in total. The van der Waals surface area contributed by atoms with Gasteiger partial charge in [-0.15, -0.1) is 0 Å². The molecule has 1 unspecified atom stereocenters. The van der Waals surface area contributed by atoms with E-state index in [2.05, 4.69) is 35.6 Å². The van der Waals surface area contributed by atoms with E-state index in [0.717, 1.165) is 12.4 Å². The molecule has 1 aromatic rings. The molecule has 0 radical (unpaired) electrons. The molecule has 0 saturated heterocycles. The van der Waals surface area contributed by atoms with Crippen LogP contribution in [-0.4, -0.2) is 15.6 Å². The van der Waals surface area contributed by atoms with Crippen molar-refractivity contribution in [2.75, 3.05) is 5.32 Å². The van der Waals surface area contributed by atoms with Gasteiger partial charge in [-0.3, -0.25) is 0 Å². The number of nitrogens with zero attached hydrogens (tertiary/aromatic N) is 2. The Kier molecular flexibility index (Phi) is 1.82. The summed E-state index contributed by atoms with van der Waals surface area (Å²) in [6.07, 6.45) is 4.98. The molecule has 72 valence electrons. The van der Waals surface area contributed by atoms with Gasteiger partial charge in [0.25, 0.3) is 0 Å². The summed E-state index contributed by atoms with van der Waals surface area (Å²) < 4.78 is 2.17. The first kappa shape index (κ1) is 8.60. The molecule has 0 saturated carbocycles. The number of rotatable bonds is 0. The smallest absolute Gasteiger partial charge is 0.126 e. The van der Waals surface area contributed by atoms with Gasteiger partial charge < -0.3 is 9.88 Å². The van der Waals surface area contributed by atoms with Gasteiger partial charge in [0.05, 0.1) is 12.5 Å². The van der Waals surface area contributed by atoms with E-state index in [9.17, 15) is 0 Å². The number of hydrogen-bond donors (Lipinski definition) is 1. The van der Waals surface area contributed by atoms with Gasteiger partial charge in [-0.05, 0) is 11.8 Å². The molecule has 2 rings (SSSR count). The third-order valence-electron chi connectivity index (χ3n) is 2.74. The van der Waals surface area contributed by atoms with E-state index >= 15 is 0 Å². The van der Waals surface area contributed by atoms with E-state index < -0.39 is 0 Å². The SMILES string of the molecule is CC(C)(C)C1CCn2cncc2N1. The van der Waals surface area contributed by atoms with Crippen LogP contribution in [0.2, 0.25) is 0 Å². The zero-order chi connectivity index (χ0) is 9.47. The van der Waals surface area contributed by atoms with E-state index in [-0.39, 0.29) is 0 Å². The largest absolute Gasteiger partial charge is 0.367 e. The number of imidazole rings is 1. The van der Waals surface area contributed by atoms with Crippen LogP contribution in [0.25, 0.3) is 0 Å². The second-order valence-electron chi connectivity index (χ2n) is 4.82. The maximum Gasteiger partial charge on any atom is 0.126 e. The maximum absolute atomic E-state index is 4.12. The van der Waals surface area contributed by atoms with Crippen LogP contribution in [0.5, 0.6) is 0 Å². The molecule has 13 heavy (non-hydrogen) atoms. The highest BCUT2D eigenvalue weighted by atomic mass is 15.2. The van der Waals surface area contributed by atoms with Crippen LogP contribution < -0.4 is 5.32 Å². The highest BCUT2D eigenvalue weighted by Crippen LogP contribution is 2.29.